The van der Waals surface area contributed by atoms with Crippen LogP contribution in [0, 0.1) is 6.92 Å². The van der Waals surface area contributed by atoms with Crippen LogP contribution in [0.1, 0.15) is 31.5 Å². The second kappa shape index (κ2) is 6.23. The fourth-order valence-electron chi connectivity index (χ4n) is 1.85. The number of aryl methyl sites for hydroxylation is 1. The third kappa shape index (κ3) is 3.59. The fraction of sp³-hybridized carbons (Fsp3) is 0.385. The maximum atomic E-state index is 12.5. The maximum absolute atomic E-state index is 12.5. The standard InChI is InChI=1S/C13H18N4O3S/c1-4-15-11-5-6-14-8-12(11)21(18,19)17-10(3)13-16-7-9(2)20-13/h5-8,10,17H,4H2,1-3H3,(H,14,15). The van der Waals surface area contributed by atoms with Crippen molar-refractivity contribution in [3.63, 3.8) is 0 Å². The van der Waals surface area contributed by atoms with E-state index in [1.165, 1.54) is 12.4 Å². The number of sulfonamides is 1. The summed E-state index contributed by atoms with van der Waals surface area (Å²) < 4.78 is 32.8. The molecule has 2 N–H and O–H groups in total. The molecule has 8 heteroatoms. The Balaban J connectivity index is 2.26. The van der Waals surface area contributed by atoms with Gasteiger partial charge in [-0.25, -0.2) is 13.4 Å². The first-order chi connectivity index (χ1) is 9.94. The summed E-state index contributed by atoms with van der Waals surface area (Å²) in [4.78, 5) is 8.01. The fourth-order valence-corrected chi connectivity index (χ4v) is 3.17. The molecule has 114 valence electrons. The van der Waals surface area contributed by atoms with Gasteiger partial charge in [0.15, 0.2) is 0 Å². The zero-order valence-electron chi connectivity index (χ0n) is 12.1. The minimum absolute atomic E-state index is 0.0991. The minimum atomic E-state index is -3.73. The molecule has 0 saturated heterocycles. The molecule has 21 heavy (non-hydrogen) atoms. The Bertz CT molecular complexity index is 712. The monoisotopic (exact) mass is 310 g/mol. The minimum Gasteiger partial charge on any atom is -0.444 e. The van der Waals surface area contributed by atoms with E-state index in [-0.39, 0.29) is 4.90 Å². The maximum Gasteiger partial charge on any atom is 0.244 e. The van der Waals surface area contributed by atoms with E-state index >= 15 is 0 Å². The molecule has 0 radical (unpaired) electrons. The van der Waals surface area contributed by atoms with Crippen LogP contribution in [-0.2, 0) is 10.0 Å². The first kappa shape index (κ1) is 15.5. The summed E-state index contributed by atoms with van der Waals surface area (Å²) in [5.41, 5.74) is 0.510. The second-order valence-corrected chi connectivity index (χ2v) is 6.24. The molecule has 0 spiro atoms. The van der Waals surface area contributed by atoms with Crippen LogP contribution in [-0.4, -0.2) is 24.9 Å². The van der Waals surface area contributed by atoms with Gasteiger partial charge in [-0.1, -0.05) is 0 Å². The number of pyridine rings is 1. The van der Waals surface area contributed by atoms with E-state index in [0.717, 1.165) is 0 Å². The largest absolute Gasteiger partial charge is 0.444 e. The lowest BCUT2D eigenvalue weighted by atomic mass is 10.4. The predicted molar refractivity (Wildman–Crippen MR) is 78.4 cm³/mol. The Hall–Kier alpha value is -1.93. The Labute approximate surface area is 123 Å². The summed E-state index contributed by atoms with van der Waals surface area (Å²) >= 11 is 0. The lowest BCUT2D eigenvalue weighted by molar-refractivity contribution is 0.428. The Morgan fingerprint density at radius 2 is 2.14 bits per heavy atom. The van der Waals surface area contributed by atoms with Gasteiger partial charge in [0.25, 0.3) is 0 Å². The van der Waals surface area contributed by atoms with Crippen LogP contribution in [0.4, 0.5) is 5.69 Å². The van der Waals surface area contributed by atoms with E-state index < -0.39 is 16.1 Å². The smallest absolute Gasteiger partial charge is 0.244 e. The van der Waals surface area contributed by atoms with Crippen LogP contribution in [0.15, 0.2) is 34.0 Å². The molecular formula is C13H18N4O3S. The number of oxazole rings is 1. The third-order valence-electron chi connectivity index (χ3n) is 2.78. The van der Waals surface area contributed by atoms with Crippen LogP contribution in [0.3, 0.4) is 0 Å². The molecular weight excluding hydrogens is 292 g/mol. The van der Waals surface area contributed by atoms with Crippen molar-refractivity contribution in [2.24, 2.45) is 0 Å². The van der Waals surface area contributed by atoms with Crippen LogP contribution in [0.25, 0.3) is 0 Å². The Kier molecular flexibility index (Phi) is 4.59. The average Bonchev–Trinajstić information content (AvgIpc) is 2.86. The van der Waals surface area contributed by atoms with Crippen molar-refractivity contribution in [1.29, 1.82) is 0 Å². The predicted octanol–water partition coefficient (Wildman–Crippen LogP) is 1.85. The van der Waals surface area contributed by atoms with Crippen molar-refractivity contribution in [2.75, 3.05) is 11.9 Å². The van der Waals surface area contributed by atoms with Gasteiger partial charge in [0.1, 0.15) is 10.7 Å². The number of hydrogen-bond acceptors (Lipinski definition) is 6. The van der Waals surface area contributed by atoms with Crippen molar-refractivity contribution < 1.29 is 12.8 Å². The molecule has 2 aromatic rings. The summed E-state index contributed by atoms with van der Waals surface area (Å²) in [7, 11) is -3.73. The molecule has 0 aromatic carbocycles. The van der Waals surface area contributed by atoms with Crippen molar-refractivity contribution in [1.82, 2.24) is 14.7 Å². The number of nitrogens with zero attached hydrogens (tertiary/aromatic N) is 2. The number of nitrogens with one attached hydrogen (secondary N) is 2. The molecule has 2 heterocycles. The highest BCUT2D eigenvalue weighted by atomic mass is 32.2. The topological polar surface area (TPSA) is 97.1 Å². The summed E-state index contributed by atoms with van der Waals surface area (Å²) in [5.74, 6) is 0.954. The van der Waals surface area contributed by atoms with Crippen molar-refractivity contribution >= 4 is 15.7 Å². The van der Waals surface area contributed by atoms with Gasteiger partial charge in [0.05, 0.1) is 17.9 Å². The molecule has 0 saturated carbocycles. The highest BCUT2D eigenvalue weighted by Crippen LogP contribution is 2.22. The van der Waals surface area contributed by atoms with Crippen molar-refractivity contribution in [2.45, 2.75) is 31.7 Å². The second-order valence-electron chi connectivity index (χ2n) is 4.55. The van der Waals surface area contributed by atoms with E-state index in [9.17, 15) is 8.42 Å². The van der Waals surface area contributed by atoms with E-state index in [1.807, 2.05) is 6.92 Å². The van der Waals surface area contributed by atoms with E-state index in [2.05, 4.69) is 20.0 Å². The van der Waals surface area contributed by atoms with Crippen molar-refractivity contribution in [3.05, 3.63) is 36.3 Å². The highest BCUT2D eigenvalue weighted by Gasteiger charge is 2.23. The van der Waals surface area contributed by atoms with Gasteiger partial charge >= 0.3 is 0 Å². The molecule has 2 rings (SSSR count). The van der Waals surface area contributed by atoms with E-state index in [4.69, 9.17) is 4.42 Å². The van der Waals surface area contributed by atoms with Gasteiger partial charge in [-0.2, -0.15) is 4.72 Å². The third-order valence-corrected chi connectivity index (χ3v) is 4.35. The molecule has 1 atom stereocenters. The molecule has 0 bridgehead atoms. The molecule has 0 fully saturated rings. The van der Waals surface area contributed by atoms with Crippen LogP contribution < -0.4 is 10.0 Å². The van der Waals surface area contributed by atoms with Crippen LogP contribution >= 0.6 is 0 Å². The molecule has 0 amide bonds. The number of hydrogen-bond donors (Lipinski definition) is 2. The summed E-state index contributed by atoms with van der Waals surface area (Å²) in [6.07, 6.45) is 4.40. The highest BCUT2D eigenvalue weighted by molar-refractivity contribution is 7.89. The normalized spacial score (nSPS) is 13.1. The van der Waals surface area contributed by atoms with Gasteiger partial charge in [0, 0.05) is 18.9 Å². The van der Waals surface area contributed by atoms with Crippen LogP contribution in [0.2, 0.25) is 0 Å². The number of anilines is 1. The molecule has 0 aliphatic carbocycles. The quantitative estimate of drug-likeness (QED) is 0.845. The van der Waals surface area contributed by atoms with Gasteiger partial charge in [-0.3, -0.25) is 4.98 Å². The zero-order valence-corrected chi connectivity index (χ0v) is 12.9. The SMILES string of the molecule is CCNc1ccncc1S(=O)(=O)NC(C)c1ncc(C)o1. The number of aromatic nitrogens is 2. The summed E-state index contributed by atoms with van der Waals surface area (Å²) in [5, 5.41) is 3.00. The summed E-state index contributed by atoms with van der Waals surface area (Å²) in [6.45, 7) is 5.93. The lowest BCUT2D eigenvalue weighted by Gasteiger charge is -2.14. The lowest BCUT2D eigenvalue weighted by Crippen LogP contribution is -2.28. The molecule has 7 nitrogen and oxygen atoms in total. The Morgan fingerprint density at radius 1 is 1.38 bits per heavy atom. The Morgan fingerprint density at radius 3 is 2.76 bits per heavy atom. The van der Waals surface area contributed by atoms with Crippen LogP contribution in [0.5, 0.6) is 0 Å². The first-order valence-corrected chi connectivity index (χ1v) is 8.05. The number of rotatable bonds is 6. The molecule has 2 aromatic heterocycles. The molecule has 0 aliphatic rings. The average molecular weight is 310 g/mol. The van der Waals surface area contributed by atoms with Gasteiger partial charge in [-0.05, 0) is 26.8 Å². The van der Waals surface area contributed by atoms with E-state index in [1.54, 1.807) is 26.1 Å². The van der Waals surface area contributed by atoms with Crippen molar-refractivity contribution in [3.8, 4) is 0 Å². The molecule has 1 unspecified atom stereocenters. The van der Waals surface area contributed by atoms with E-state index in [0.29, 0.717) is 23.9 Å². The zero-order chi connectivity index (χ0) is 15.5. The summed E-state index contributed by atoms with van der Waals surface area (Å²) in [6, 6.07) is 1.05. The molecule has 0 aliphatic heterocycles. The van der Waals surface area contributed by atoms with Gasteiger partial charge in [0.2, 0.25) is 15.9 Å². The van der Waals surface area contributed by atoms with Gasteiger partial charge < -0.3 is 9.73 Å². The first-order valence-electron chi connectivity index (χ1n) is 6.56. The van der Waals surface area contributed by atoms with Gasteiger partial charge in [-0.15, -0.1) is 0 Å².